The Bertz CT molecular complexity index is 167. The van der Waals surface area contributed by atoms with Crippen LogP contribution in [0.3, 0.4) is 0 Å². The monoisotopic (exact) mass is 140 g/mol. The number of hydrogen-bond donors (Lipinski definition) is 1. The molecule has 0 bridgehead atoms. The van der Waals surface area contributed by atoms with Crippen molar-refractivity contribution in [2.24, 2.45) is 5.41 Å². The topological polar surface area (TPSA) is 37.3 Å². The second kappa shape index (κ2) is 3.26. The minimum absolute atomic E-state index is 0.304. The first-order valence-corrected chi connectivity index (χ1v) is 3.23. The molecule has 0 heterocycles. The van der Waals surface area contributed by atoms with Gasteiger partial charge in [-0.25, -0.2) is 0 Å². The Morgan fingerprint density at radius 1 is 1.80 bits per heavy atom. The fourth-order valence-electron chi connectivity index (χ4n) is 0.577. The quantitative estimate of drug-likeness (QED) is 0.603. The molecule has 0 radical (unpaired) electrons. The van der Waals surface area contributed by atoms with Crippen LogP contribution >= 0.6 is 0 Å². The Morgan fingerprint density at radius 2 is 2.30 bits per heavy atom. The van der Waals surface area contributed by atoms with Crippen molar-refractivity contribution in [3.05, 3.63) is 0 Å². The zero-order valence-corrected chi connectivity index (χ0v) is 6.35. The molecule has 1 atom stereocenters. The molecule has 10 heavy (non-hydrogen) atoms. The van der Waals surface area contributed by atoms with E-state index in [9.17, 15) is 4.79 Å². The van der Waals surface area contributed by atoms with Gasteiger partial charge >= 0.3 is 5.97 Å². The van der Waals surface area contributed by atoms with Crippen molar-refractivity contribution in [1.82, 2.24) is 0 Å². The zero-order chi connectivity index (χ0) is 8.20. The van der Waals surface area contributed by atoms with Crippen molar-refractivity contribution in [3.63, 3.8) is 0 Å². The summed E-state index contributed by atoms with van der Waals surface area (Å²) in [4.78, 5) is 10.5. The third kappa shape index (κ3) is 1.77. The van der Waals surface area contributed by atoms with Crippen LogP contribution in [-0.4, -0.2) is 11.1 Å². The minimum atomic E-state index is -0.812. The molecule has 0 aromatic carbocycles. The lowest BCUT2D eigenvalue weighted by molar-refractivity contribution is -0.147. The summed E-state index contributed by atoms with van der Waals surface area (Å²) in [5, 5.41) is 8.67. The third-order valence-corrected chi connectivity index (χ3v) is 1.79. The van der Waals surface area contributed by atoms with Crippen molar-refractivity contribution >= 4 is 5.97 Å². The van der Waals surface area contributed by atoms with Crippen LogP contribution in [-0.2, 0) is 4.79 Å². The Hall–Kier alpha value is -0.970. The van der Waals surface area contributed by atoms with Crippen molar-refractivity contribution in [1.29, 1.82) is 0 Å². The standard InChI is InChI=1S/C8H12O2/c1-4-6-8(3,5-2)7(9)10/h1H,5-6H2,2-3H3,(H,9,10). The lowest BCUT2D eigenvalue weighted by atomic mass is 9.85. The van der Waals surface area contributed by atoms with Crippen molar-refractivity contribution < 1.29 is 9.90 Å². The van der Waals surface area contributed by atoms with E-state index in [2.05, 4.69) is 5.92 Å². The lowest BCUT2D eigenvalue weighted by Crippen LogP contribution is -2.25. The van der Waals surface area contributed by atoms with Crippen molar-refractivity contribution in [2.45, 2.75) is 26.7 Å². The molecule has 0 saturated carbocycles. The van der Waals surface area contributed by atoms with E-state index in [0.717, 1.165) is 0 Å². The number of carboxylic acid groups (broad SMARTS) is 1. The molecule has 1 unspecified atom stereocenters. The molecule has 0 fully saturated rings. The molecule has 56 valence electrons. The average molecular weight is 140 g/mol. The van der Waals surface area contributed by atoms with Crippen LogP contribution in [0.25, 0.3) is 0 Å². The molecule has 0 aromatic rings. The summed E-state index contributed by atoms with van der Waals surface area (Å²) in [5.74, 6) is 1.55. The molecular weight excluding hydrogens is 128 g/mol. The maximum absolute atomic E-state index is 10.5. The SMILES string of the molecule is C#CCC(C)(CC)C(=O)O. The van der Waals surface area contributed by atoms with E-state index in [1.165, 1.54) is 0 Å². The molecule has 0 aliphatic heterocycles. The highest BCUT2D eigenvalue weighted by molar-refractivity contribution is 5.74. The molecule has 0 aliphatic rings. The summed E-state index contributed by atoms with van der Waals surface area (Å²) in [5.41, 5.74) is -0.727. The van der Waals surface area contributed by atoms with Crippen LogP contribution in [0.2, 0.25) is 0 Å². The van der Waals surface area contributed by atoms with Gasteiger partial charge in [-0.15, -0.1) is 12.3 Å². The first-order valence-electron chi connectivity index (χ1n) is 3.23. The van der Waals surface area contributed by atoms with Gasteiger partial charge in [0.1, 0.15) is 0 Å². The van der Waals surface area contributed by atoms with Crippen LogP contribution in [0.1, 0.15) is 26.7 Å². The molecule has 0 amide bonds. The molecular formula is C8H12O2. The molecule has 0 aromatic heterocycles. The van der Waals surface area contributed by atoms with Gasteiger partial charge in [0.2, 0.25) is 0 Å². The van der Waals surface area contributed by atoms with Gasteiger partial charge in [-0.2, -0.15) is 0 Å². The fraction of sp³-hybridized carbons (Fsp3) is 0.625. The Morgan fingerprint density at radius 3 is 2.40 bits per heavy atom. The van der Waals surface area contributed by atoms with Crippen LogP contribution < -0.4 is 0 Å². The third-order valence-electron chi connectivity index (χ3n) is 1.79. The molecule has 1 N–H and O–H groups in total. The molecule has 2 heteroatoms. The van der Waals surface area contributed by atoms with Crippen molar-refractivity contribution in [2.75, 3.05) is 0 Å². The zero-order valence-electron chi connectivity index (χ0n) is 6.35. The number of hydrogen-bond acceptors (Lipinski definition) is 1. The second-order valence-corrected chi connectivity index (χ2v) is 2.60. The number of aliphatic carboxylic acids is 1. The average Bonchev–Trinajstić information content (AvgIpc) is 1.88. The van der Waals surface area contributed by atoms with Gasteiger partial charge < -0.3 is 5.11 Å². The summed E-state index contributed by atoms with van der Waals surface area (Å²) in [6.07, 6.45) is 5.89. The van der Waals surface area contributed by atoms with Gasteiger partial charge in [0, 0.05) is 6.42 Å². The summed E-state index contributed by atoms with van der Waals surface area (Å²) < 4.78 is 0. The number of terminal acetylenes is 1. The highest BCUT2D eigenvalue weighted by atomic mass is 16.4. The smallest absolute Gasteiger partial charge is 0.310 e. The molecule has 0 saturated heterocycles. The van der Waals surface area contributed by atoms with E-state index in [1.807, 2.05) is 6.92 Å². The summed E-state index contributed by atoms with van der Waals surface area (Å²) in [6.45, 7) is 3.49. The largest absolute Gasteiger partial charge is 0.481 e. The number of carboxylic acids is 1. The fourth-order valence-corrected chi connectivity index (χ4v) is 0.577. The van der Waals surface area contributed by atoms with E-state index in [-0.39, 0.29) is 0 Å². The normalized spacial score (nSPS) is 15.3. The van der Waals surface area contributed by atoms with Gasteiger partial charge in [-0.1, -0.05) is 6.92 Å². The van der Waals surface area contributed by atoms with E-state index < -0.39 is 11.4 Å². The predicted octanol–water partition coefficient (Wildman–Crippen LogP) is 1.51. The van der Waals surface area contributed by atoms with E-state index in [4.69, 9.17) is 11.5 Å². The first kappa shape index (κ1) is 9.03. The first-order chi connectivity index (χ1) is 4.56. The Balaban J connectivity index is 4.26. The van der Waals surface area contributed by atoms with Crippen LogP contribution in [0.4, 0.5) is 0 Å². The van der Waals surface area contributed by atoms with Crippen molar-refractivity contribution in [3.8, 4) is 12.3 Å². The second-order valence-electron chi connectivity index (χ2n) is 2.60. The Labute approximate surface area is 61.2 Å². The van der Waals surface area contributed by atoms with Crippen LogP contribution in [0.5, 0.6) is 0 Å². The highest BCUT2D eigenvalue weighted by Gasteiger charge is 2.29. The summed E-state index contributed by atoms with van der Waals surface area (Å²) >= 11 is 0. The van der Waals surface area contributed by atoms with Gasteiger partial charge in [-0.3, -0.25) is 4.79 Å². The summed E-state index contributed by atoms with van der Waals surface area (Å²) in [6, 6.07) is 0. The van der Waals surface area contributed by atoms with Gasteiger partial charge in [0.15, 0.2) is 0 Å². The van der Waals surface area contributed by atoms with Gasteiger partial charge in [0.25, 0.3) is 0 Å². The van der Waals surface area contributed by atoms with E-state index in [0.29, 0.717) is 12.8 Å². The Kier molecular flexibility index (Phi) is 2.95. The maximum atomic E-state index is 10.5. The molecule has 0 spiro atoms. The minimum Gasteiger partial charge on any atom is -0.481 e. The molecule has 0 aliphatic carbocycles. The van der Waals surface area contributed by atoms with Gasteiger partial charge in [0.05, 0.1) is 5.41 Å². The molecule has 0 rings (SSSR count). The van der Waals surface area contributed by atoms with Gasteiger partial charge in [-0.05, 0) is 13.3 Å². The van der Waals surface area contributed by atoms with Crippen LogP contribution in [0.15, 0.2) is 0 Å². The maximum Gasteiger partial charge on any atom is 0.310 e. The molecule has 2 nitrogen and oxygen atoms in total. The summed E-state index contributed by atoms with van der Waals surface area (Å²) in [7, 11) is 0. The van der Waals surface area contributed by atoms with E-state index in [1.54, 1.807) is 6.92 Å². The predicted molar refractivity (Wildman–Crippen MR) is 39.5 cm³/mol. The highest BCUT2D eigenvalue weighted by Crippen LogP contribution is 2.24. The number of carbonyl (C=O) groups is 1. The lowest BCUT2D eigenvalue weighted by Gasteiger charge is -2.18. The van der Waals surface area contributed by atoms with Crippen LogP contribution in [0, 0.1) is 17.8 Å². The number of rotatable bonds is 3. The van der Waals surface area contributed by atoms with E-state index >= 15 is 0 Å².